The Morgan fingerprint density at radius 1 is 1.23 bits per heavy atom. The molecule has 0 saturated carbocycles. The topological polar surface area (TPSA) is 67.0 Å². The first-order chi connectivity index (χ1) is 10.6. The molecule has 2 aromatic carbocycles. The van der Waals surface area contributed by atoms with Crippen LogP contribution in [0.2, 0.25) is 5.02 Å². The summed E-state index contributed by atoms with van der Waals surface area (Å²) in [5.41, 5.74) is 2.36. The number of anilines is 1. The number of aromatic amines is 1. The number of H-pyrrole nitrogens is 1. The molecule has 6 heteroatoms. The number of carbonyl (C=O) groups excluding carboxylic acids is 1. The monoisotopic (exact) mass is 315 g/mol. The minimum atomic E-state index is -0.546. The van der Waals surface area contributed by atoms with Gasteiger partial charge in [0.25, 0.3) is 0 Å². The molecule has 0 aliphatic heterocycles. The summed E-state index contributed by atoms with van der Waals surface area (Å²) in [6.45, 7) is 1.76. The van der Waals surface area contributed by atoms with E-state index < -0.39 is 12.2 Å². The van der Waals surface area contributed by atoms with Gasteiger partial charge in [-0.3, -0.25) is 5.32 Å². The molecule has 0 aliphatic carbocycles. The highest BCUT2D eigenvalue weighted by Crippen LogP contribution is 2.19. The van der Waals surface area contributed by atoms with Crippen LogP contribution in [0.5, 0.6) is 0 Å². The first kappa shape index (κ1) is 14.4. The number of ether oxygens (including phenoxy) is 1. The molecule has 22 heavy (non-hydrogen) atoms. The fraction of sp³-hybridized carbons (Fsp3) is 0.125. The van der Waals surface area contributed by atoms with Crippen LogP contribution in [0, 0.1) is 0 Å². The van der Waals surface area contributed by atoms with E-state index in [1.165, 1.54) is 0 Å². The number of imidazole rings is 1. The third-order valence-corrected chi connectivity index (χ3v) is 3.42. The van der Waals surface area contributed by atoms with E-state index in [2.05, 4.69) is 15.3 Å². The third kappa shape index (κ3) is 3.20. The van der Waals surface area contributed by atoms with E-state index in [1.807, 2.05) is 24.3 Å². The van der Waals surface area contributed by atoms with Crippen LogP contribution in [-0.2, 0) is 4.74 Å². The predicted octanol–water partition coefficient (Wildman–Crippen LogP) is 4.53. The smallest absolute Gasteiger partial charge is 0.412 e. The van der Waals surface area contributed by atoms with Gasteiger partial charge in [0, 0.05) is 10.7 Å². The number of aromatic nitrogens is 2. The molecule has 1 amide bonds. The summed E-state index contributed by atoms with van der Waals surface area (Å²) in [6, 6.07) is 14.4. The number of benzene rings is 2. The van der Waals surface area contributed by atoms with Gasteiger partial charge in [-0.25, -0.2) is 9.78 Å². The molecular formula is C16H14ClN3O2. The maximum Gasteiger partial charge on any atom is 0.412 e. The van der Waals surface area contributed by atoms with Crippen LogP contribution in [0.25, 0.3) is 11.0 Å². The maximum atomic E-state index is 11.9. The molecule has 3 rings (SSSR count). The molecule has 1 heterocycles. The first-order valence-electron chi connectivity index (χ1n) is 6.79. The maximum absolute atomic E-state index is 11.9. The highest BCUT2D eigenvalue weighted by molar-refractivity contribution is 6.30. The SMILES string of the molecule is CC(OC(=O)Nc1ccc(Cl)cc1)c1nc2ccccc2[nH]1. The van der Waals surface area contributed by atoms with Crippen LogP contribution in [0.3, 0.4) is 0 Å². The minimum Gasteiger partial charge on any atom is -0.438 e. The van der Waals surface area contributed by atoms with Crippen LogP contribution in [0.1, 0.15) is 18.9 Å². The zero-order valence-electron chi connectivity index (χ0n) is 11.8. The predicted molar refractivity (Wildman–Crippen MR) is 86.1 cm³/mol. The normalized spacial score (nSPS) is 12.1. The van der Waals surface area contributed by atoms with Gasteiger partial charge in [-0.1, -0.05) is 23.7 Å². The number of nitrogens with one attached hydrogen (secondary N) is 2. The summed E-state index contributed by atoms with van der Waals surface area (Å²) >= 11 is 5.79. The zero-order valence-corrected chi connectivity index (χ0v) is 12.6. The fourth-order valence-corrected chi connectivity index (χ4v) is 2.19. The lowest BCUT2D eigenvalue weighted by molar-refractivity contribution is 0.117. The summed E-state index contributed by atoms with van der Waals surface area (Å²) in [5, 5.41) is 3.25. The number of nitrogens with zero attached hydrogens (tertiary/aromatic N) is 1. The number of fused-ring (bicyclic) bond motifs is 1. The summed E-state index contributed by atoms with van der Waals surface area (Å²) in [4.78, 5) is 19.4. The van der Waals surface area contributed by atoms with Crippen molar-refractivity contribution in [2.75, 3.05) is 5.32 Å². The molecule has 0 bridgehead atoms. The summed E-state index contributed by atoms with van der Waals surface area (Å²) in [7, 11) is 0. The Morgan fingerprint density at radius 2 is 1.95 bits per heavy atom. The van der Waals surface area contributed by atoms with Crippen molar-refractivity contribution in [3.05, 3.63) is 59.4 Å². The molecule has 0 radical (unpaired) electrons. The highest BCUT2D eigenvalue weighted by Gasteiger charge is 2.15. The van der Waals surface area contributed by atoms with Gasteiger partial charge in [0.2, 0.25) is 0 Å². The van der Waals surface area contributed by atoms with Crippen molar-refractivity contribution in [1.82, 2.24) is 9.97 Å². The second-order valence-corrected chi connectivity index (χ2v) is 5.26. The van der Waals surface area contributed by atoms with Crippen molar-refractivity contribution in [2.45, 2.75) is 13.0 Å². The molecule has 0 saturated heterocycles. The molecule has 112 valence electrons. The number of hydrogen-bond donors (Lipinski definition) is 2. The molecule has 2 N–H and O–H groups in total. The zero-order chi connectivity index (χ0) is 15.5. The Hall–Kier alpha value is -2.53. The molecule has 0 aliphatic rings. The van der Waals surface area contributed by atoms with Crippen LogP contribution >= 0.6 is 11.6 Å². The van der Waals surface area contributed by atoms with Gasteiger partial charge < -0.3 is 9.72 Å². The Labute approximate surface area is 132 Å². The van der Waals surface area contributed by atoms with E-state index in [9.17, 15) is 4.79 Å². The van der Waals surface area contributed by atoms with E-state index in [1.54, 1.807) is 31.2 Å². The van der Waals surface area contributed by atoms with Crippen LogP contribution in [-0.4, -0.2) is 16.1 Å². The number of rotatable bonds is 3. The number of hydrogen-bond acceptors (Lipinski definition) is 3. The number of para-hydroxylation sites is 2. The number of carbonyl (C=O) groups is 1. The van der Waals surface area contributed by atoms with E-state index in [4.69, 9.17) is 16.3 Å². The molecule has 0 spiro atoms. The first-order valence-corrected chi connectivity index (χ1v) is 7.17. The minimum absolute atomic E-state index is 0.486. The van der Waals surface area contributed by atoms with Gasteiger partial charge in [0.05, 0.1) is 11.0 Å². The lowest BCUT2D eigenvalue weighted by Crippen LogP contribution is -2.16. The van der Waals surface area contributed by atoms with Crippen molar-refractivity contribution in [1.29, 1.82) is 0 Å². The van der Waals surface area contributed by atoms with Gasteiger partial charge in [-0.05, 0) is 43.3 Å². The number of amides is 1. The fourth-order valence-electron chi connectivity index (χ4n) is 2.06. The van der Waals surface area contributed by atoms with Crippen LogP contribution in [0.4, 0.5) is 10.5 Å². The molecule has 0 fully saturated rings. The summed E-state index contributed by atoms with van der Waals surface area (Å²) in [6.07, 6.45) is -1.03. The van der Waals surface area contributed by atoms with Gasteiger partial charge >= 0.3 is 6.09 Å². The van der Waals surface area contributed by atoms with Gasteiger partial charge in [-0.2, -0.15) is 0 Å². The van der Waals surface area contributed by atoms with Crippen molar-refractivity contribution in [3.8, 4) is 0 Å². The Bertz CT molecular complexity index is 766. The quantitative estimate of drug-likeness (QED) is 0.746. The molecule has 1 aromatic heterocycles. The van der Waals surface area contributed by atoms with Crippen molar-refractivity contribution < 1.29 is 9.53 Å². The second-order valence-electron chi connectivity index (χ2n) is 4.82. The highest BCUT2D eigenvalue weighted by atomic mass is 35.5. The van der Waals surface area contributed by atoms with E-state index >= 15 is 0 Å². The number of halogens is 1. The largest absolute Gasteiger partial charge is 0.438 e. The average Bonchev–Trinajstić information content (AvgIpc) is 2.93. The standard InChI is InChI=1S/C16H14ClN3O2/c1-10(15-19-13-4-2-3-5-14(13)20-15)22-16(21)18-12-8-6-11(17)7-9-12/h2-10H,1H3,(H,18,21)(H,19,20). The van der Waals surface area contributed by atoms with Gasteiger partial charge in [0.1, 0.15) is 5.82 Å². The Balaban J connectivity index is 1.66. The van der Waals surface area contributed by atoms with E-state index in [0.29, 0.717) is 16.5 Å². The molecule has 1 unspecified atom stereocenters. The second kappa shape index (κ2) is 6.07. The molecule has 3 aromatic rings. The lowest BCUT2D eigenvalue weighted by Gasteiger charge is -2.11. The summed E-state index contributed by atoms with van der Waals surface area (Å²) < 4.78 is 5.32. The van der Waals surface area contributed by atoms with E-state index in [-0.39, 0.29) is 0 Å². The van der Waals surface area contributed by atoms with Crippen molar-refractivity contribution >= 4 is 34.4 Å². The molecular weight excluding hydrogens is 302 g/mol. The van der Waals surface area contributed by atoms with Gasteiger partial charge in [-0.15, -0.1) is 0 Å². The molecule has 5 nitrogen and oxygen atoms in total. The van der Waals surface area contributed by atoms with Crippen LogP contribution in [0.15, 0.2) is 48.5 Å². The lowest BCUT2D eigenvalue weighted by atomic mass is 10.3. The van der Waals surface area contributed by atoms with Crippen LogP contribution < -0.4 is 5.32 Å². The van der Waals surface area contributed by atoms with Crippen molar-refractivity contribution in [2.24, 2.45) is 0 Å². The van der Waals surface area contributed by atoms with Gasteiger partial charge in [0.15, 0.2) is 6.10 Å². The summed E-state index contributed by atoms with van der Waals surface area (Å²) in [5.74, 6) is 0.604. The average molecular weight is 316 g/mol. The molecule has 1 atom stereocenters. The van der Waals surface area contributed by atoms with Crippen molar-refractivity contribution in [3.63, 3.8) is 0 Å². The van der Waals surface area contributed by atoms with E-state index in [0.717, 1.165) is 11.0 Å². The third-order valence-electron chi connectivity index (χ3n) is 3.17. The Morgan fingerprint density at radius 3 is 2.68 bits per heavy atom. The Kier molecular flexibility index (Phi) is 3.98.